The minimum atomic E-state index is -1.24. The van der Waals surface area contributed by atoms with Gasteiger partial charge in [-0.05, 0) is 40.4 Å². The highest BCUT2D eigenvalue weighted by Crippen LogP contribution is 2.46. The van der Waals surface area contributed by atoms with E-state index >= 15 is 0 Å². The van der Waals surface area contributed by atoms with Crippen molar-refractivity contribution in [2.75, 3.05) is 21.2 Å². The van der Waals surface area contributed by atoms with Gasteiger partial charge in [-0.1, -0.05) is 6.07 Å². The molecule has 188 valence electrons. The van der Waals surface area contributed by atoms with Crippen molar-refractivity contribution in [3.63, 3.8) is 0 Å². The number of methoxy groups -OCH3 is 1. The van der Waals surface area contributed by atoms with Crippen LogP contribution in [0.25, 0.3) is 5.76 Å². The minimum Gasteiger partial charge on any atom is -0.507 e. The standard InChI is InChI=1S/C25H29NO9/c1-10-18-20(24(31)16(34-10)9-17(27)33-5)23(30)13-7-6-12(22(29)19(13)25(18)32)15-8-14(26(3)4)21(28)11(2)35-15/h6-7,11,14-16,21,28-30H,8-9H2,1-5H3/t11-,14-,15-,16-,21-/m1/s1. The van der Waals surface area contributed by atoms with Gasteiger partial charge < -0.3 is 34.4 Å². The van der Waals surface area contributed by atoms with E-state index in [2.05, 4.69) is 4.74 Å². The summed E-state index contributed by atoms with van der Waals surface area (Å²) in [4.78, 5) is 40.1. The quantitative estimate of drug-likeness (QED) is 0.538. The molecule has 3 aliphatic rings. The number of benzene rings is 1. The lowest BCUT2D eigenvalue weighted by molar-refractivity contribution is -0.146. The third-order valence-corrected chi connectivity index (χ3v) is 6.91. The number of nitrogens with zero attached hydrogens (tertiary/aromatic N) is 1. The van der Waals surface area contributed by atoms with Crippen molar-refractivity contribution in [3.05, 3.63) is 45.7 Å². The van der Waals surface area contributed by atoms with Gasteiger partial charge in [0, 0.05) is 17.2 Å². The largest absolute Gasteiger partial charge is 0.507 e. The second kappa shape index (κ2) is 9.10. The van der Waals surface area contributed by atoms with Gasteiger partial charge in [0.1, 0.15) is 17.3 Å². The summed E-state index contributed by atoms with van der Waals surface area (Å²) < 4.78 is 16.1. The van der Waals surface area contributed by atoms with Crippen LogP contribution in [0.4, 0.5) is 0 Å². The van der Waals surface area contributed by atoms with Gasteiger partial charge in [-0.2, -0.15) is 0 Å². The summed E-state index contributed by atoms with van der Waals surface area (Å²) >= 11 is 0. The summed E-state index contributed by atoms with van der Waals surface area (Å²) in [5, 5.41) is 32.7. The first kappa shape index (κ1) is 24.9. The average Bonchev–Trinajstić information content (AvgIpc) is 2.80. The first-order valence-corrected chi connectivity index (χ1v) is 11.3. The van der Waals surface area contributed by atoms with Gasteiger partial charge in [-0.15, -0.1) is 0 Å². The van der Waals surface area contributed by atoms with Crippen LogP contribution in [0.15, 0.2) is 29.0 Å². The van der Waals surface area contributed by atoms with Crippen LogP contribution in [0, 0.1) is 0 Å². The first-order chi connectivity index (χ1) is 16.5. The lowest BCUT2D eigenvalue weighted by atomic mass is 9.78. The van der Waals surface area contributed by atoms with Crippen LogP contribution < -0.4 is 0 Å². The van der Waals surface area contributed by atoms with E-state index in [0.29, 0.717) is 12.0 Å². The van der Waals surface area contributed by atoms with Crippen LogP contribution in [0.3, 0.4) is 0 Å². The SMILES string of the molecule is COC(=O)C[C@H]1OC(C)=C2C(=O)c3c(ccc([C@H]4C[C@@H](N(C)C)[C@H](O)[C@@H](C)O4)c3O)C(O)=C2C1=O. The number of allylic oxidation sites excluding steroid dienone is 2. The highest BCUT2D eigenvalue weighted by atomic mass is 16.5. The second-order valence-electron chi connectivity index (χ2n) is 9.25. The van der Waals surface area contributed by atoms with Crippen molar-refractivity contribution in [1.29, 1.82) is 0 Å². The normalized spacial score (nSPS) is 28.6. The molecule has 2 heterocycles. The van der Waals surface area contributed by atoms with Crippen molar-refractivity contribution < 1.29 is 43.9 Å². The first-order valence-electron chi connectivity index (χ1n) is 11.3. The molecule has 5 atom stereocenters. The molecule has 0 amide bonds. The van der Waals surface area contributed by atoms with Crippen molar-refractivity contribution in [2.45, 2.75) is 57.1 Å². The van der Waals surface area contributed by atoms with Gasteiger partial charge in [-0.25, -0.2) is 0 Å². The molecule has 1 aromatic rings. The molecule has 1 aliphatic carbocycles. The molecule has 0 unspecified atom stereocenters. The Kier molecular flexibility index (Phi) is 6.48. The highest BCUT2D eigenvalue weighted by Gasteiger charge is 2.45. The van der Waals surface area contributed by atoms with Gasteiger partial charge >= 0.3 is 5.97 Å². The molecule has 1 saturated heterocycles. The molecular formula is C25H29NO9. The van der Waals surface area contributed by atoms with Crippen LogP contribution in [0.2, 0.25) is 0 Å². The van der Waals surface area contributed by atoms with E-state index in [1.807, 2.05) is 19.0 Å². The fourth-order valence-electron chi connectivity index (χ4n) is 5.00. The molecular weight excluding hydrogens is 458 g/mol. The minimum absolute atomic E-state index is 0.00270. The molecule has 0 bridgehead atoms. The monoisotopic (exact) mass is 487 g/mol. The summed E-state index contributed by atoms with van der Waals surface area (Å²) in [7, 11) is 4.86. The number of aliphatic hydroxyl groups excluding tert-OH is 2. The van der Waals surface area contributed by atoms with Gasteiger partial charge in [0.15, 0.2) is 6.10 Å². The molecule has 10 nitrogen and oxygen atoms in total. The Hall–Kier alpha value is -3.21. The maximum Gasteiger partial charge on any atom is 0.309 e. The maximum atomic E-state index is 13.5. The van der Waals surface area contributed by atoms with Crippen LogP contribution in [0.5, 0.6) is 5.75 Å². The summed E-state index contributed by atoms with van der Waals surface area (Å²) in [6, 6.07) is 2.76. The number of phenolic OH excluding ortho intramolecular Hbond substituents is 1. The van der Waals surface area contributed by atoms with Gasteiger partial charge in [0.2, 0.25) is 11.6 Å². The van der Waals surface area contributed by atoms with E-state index in [-0.39, 0.29) is 46.2 Å². The predicted octanol–water partition coefficient (Wildman–Crippen LogP) is 1.80. The van der Waals surface area contributed by atoms with Gasteiger partial charge in [0.25, 0.3) is 0 Å². The number of ether oxygens (including phenoxy) is 3. The Balaban J connectivity index is 1.79. The fraction of sp³-hybridized carbons (Fsp3) is 0.480. The Morgan fingerprint density at radius 1 is 1.20 bits per heavy atom. The number of aromatic hydroxyl groups is 1. The second-order valence-corrected chi connectivity index (χ2v) is 9.25. The fourth-order valence-corrected chi connectivity index (χ4v) is 5.00. The average molecular weight is 488 g/mol. The summed E-state index contributed by atoms with van der Waals surface area (Å²) in [6.07, 6.45) is -3.11. The third kappa shape index (κ3) is 4.01. The number of phenols is 1. The van der Waals surface area contributed by atoms with E-state index < -0.39 is 47.7 Å². The topological polar surface area (TPSA) is 143 Å². The molecule has 1 aromatic carbocycles. The molecule has 10 heteroatoms. The molecule has 2 aliphatic heterocycles. The number of esters is 1. The lowest BCUT2D eigenvalue weighted by Gasteiger charge is -2.41. The van der Waals surface area contributed by atoms with Gasteiger partial charge in [0.05, 0.1) is 48.6 Å². The van der Waals surface area contributed by atoms with Crippen molar-refractivity contribution >= 4 is 23.3 Å². The van der Waals surface area contributed by atoms with E-state index in [4.69, 9.17) is 9.47 Å². The maximum absolute atomic E-state index is 13.5. The summed E-state index contributed by atoms with van der Waals surface area (Å²) in [6.45, 7) is 3.19. The van der Waals surface area contributed by atoms with E-state index in [0.717, 1.165) is 0 Å². The Bertz CT molecular complexity index is 1170. The number of Topliss-reactive ketones (excluding diaryl/α,β-unsaturated/α-hetero) is 2. The van der Waals surface area contributed by atoms with E-state index in [1.165, 1.54) is 26.2 Å². The van der Waals surface area contributed by atoms with Gasteiger partial charge in [-0.3, -0.25) is 14.4 Å². The number of fused-ring (bicyclic) bond motifs is 2. The van der Waals surface area contributed by atoms with Crippen molar-refractivity contribution in [2.24, 2.45) is 0 Å². The zero-order valence-electron chi connectivity index (χ0n) is 20.2. The third-order valence-electron chi connectivity index (χ3n) is 6.91. The van der Waals surface area contributed by atoms with Crippen LogP contribution in [-0.2, 0) is 23.8 Å². The molecule has 3 N–H and O–H groups in total. The zero-order valence-corrected chi connectivity index (χ0v) is 20.2. The molecule has 4 rings (SSSR count). The molecule has 0 spiro atoms. The van der Waals surface area contributed by atoms with Crippen LogP contribution in [-0.4, -0.2) is 83.3 Å². The van der Waals surface area contributed by atoms with Crippen LogP contribution in [0.1, 0.15) is 54.3 Å². The zero-order chi connectivity index (χ0) is 25.8. The Morgan fingerprint density at radius 3 is 2.51 bits per heavy atom. The molecule has 0 saturated carbocycles. The van der Waals surface area contributed by atoms with Crippen molar-refractivity contribution in [3.8, 4) is 5.75 Å². The summed E-state index contributed by atoms with van der Waals surface area (Å²) in [5.41, 5.74) is -0.227. The number of hydrogen-bond acceptors (Lipinski definition) is 10. The molecule has 0 aromatic heterocycles. The number of likely N-dealkylation sites (N-methyl/N-ethyl adjacent to an activating group) is 1. The Morgan fingerprint density at radius 2 is 1.89 bits per heavy atom. The number of rotatable bonds is 4. The Labute approximate surface area is 202 Å². The van der Waals surface area contributed by atoms with Crippen molar-refractivity contribution in [1.82, 2.24) is 4.90 Å². The van der Waals surface area contributed by atoms with E-state index in [1.54, 1.807) is 6.92 Å². The lowest BCUT2D eigenvalue weighted by Crippen LogP contribution is -2.50. The number of carbonyl (C=O) groups excluding carboxylic acids is 3. The number of carbonyl (C=O) groups is 3. The molecule has 1 fully saturated rings. The smallest absolute Gasteiger partial charge is 0.309 e. The molecule has 35 heavy (non-hydrogen) atoms. The number of aliphatic hydroxyl groups is 2. The molecule has 0 radical (unpaired) electrons. The number of hydrogen-bond donors (Lipinski definition) is 3. The highest BCUT2D eigenvalue weighted by molar-refractivity contribution is 6.28. The van der Waals surface area contributed by atoms with E-state index in [9.17, 15) is 29.7 Å². The van der Waals surface area contributed by atoms with Crippen LogP contribution >= 0.6 is 0 Å². The number of ketones is 2. The predicted molar refractivity (Wildman–Crippen MR) is 123 cm³/mol. The summed E-state index contributed by atoms with van der Waals surface area (Å²) in [5.74, 6) is -2.86.